The van der Waals surface area contributed by atoms with Crippen LogP contribution in [-0.2, 0) is 12.6 Å². The number of carboxylic acids is 1. The molecule has 120 valence electrons. The summed E-state index contributed by atoms with van der Waals surface area (Å²) in [7, 11) is 0. The van der Waals surface area contributed by atoms with Gasteiger partial charge in [-0.15, -0.1) is 6.58 Å². The maximum atomic E-state index is 12.9. The Morgan fingerprint density at radius 1 is 1.30 bits per heavy atom. The van der Waals surface area contributed by atoms with Crippen LogP contribution in [0.15, 0.2) is 49.1 Å². The number of carboxylic acid groups (broad SMARTS) is 1. The lowest BCUT2D eigenvalue weighted by Crippen LogP contribution is -2.16. The van der Waals surface area contributed by atoms with Gasteiger partial charge in [-0.1, -0.05) is 18.2 Å². The monoisotopic (exact) mass is 322 g/mol. The largest absolute Gasteiger partial charge is 0.478 e. The van der Waals surface area contributed by atoms with Crippen LogP contribution in [0.1, 0.15) is 21.6 Å². The van der Waals surface area contributed by atoms with Crippen molar-refractivity contribution < 1.29 is 23.1 Å². The van der Waals surface area contributed by atoms with Gasteiger partial charge in [-0.25, -0.2) is 9.78 Å². The summed E-state index contributed by atoms with van der Waals surface area (Å²) in [6.45, 7) is 3.62. The van der Waals surface area contributed by atoms with E-state index in [1.165, 1.54) is 6.07 Å². The SMILES string of the molecule is C=CCc1cccc(Nc2ccc(C(=O)O)c(C(F)(F)F)n2)c1. The molecule has 0 radical (unpaired) electrons. The van der Waals surface area contributed by atoms with Crippen molar-refractivity contribution in [2.24, 2.45) is 0 Å². The third-order valence-corrected chi connectivity index (χ3v) is 2.97. The predicted octanol–water partition coefficient (Wildman–Crippen LogP) is 4.27. The number of anilines is 2. The first kappa shape index (κ1) is 16.5. The molecule has 2 aromatic rings. The Morgan fingerprint density at radius 2 is 2.04 bits per heavy atom. The summed E-state index contributed by atoms with van der Waals surface area (Å²) in [6.07, 6.45) is -2.52. The molecule has 0 aliphatic rings. The van der Waals surface area contributed by atoms with Crippen molar-refractivity contribution in [1.29, 1.82) is 0 Å². The second-order valence-electron chi connectivity index (χ2n) is 4.71. The van der Waals surface area contributed by atoms with Crippen LogP contribution in [0.3, 0.4) is 0 Å². The second-order valence-corrected chi connectivity index (χ2v) is 4.71. The van der Waals surface area contributed by atoms with Gasteiger partial charge in [-0.2, -0.15) is 13.2 Å². The third-order valence-electron chi connectivity index (χ3n) is 2.97. The van der Waals surface area contributed by atoms with Crippen molar-refractivity contribution in [2.45, 2.75) is 12.6 Å². The van der Waals surface area contributed by atoms with Crippen LogP contribution in [0.4, 0.5) is 24.7 Å². The van der Waals surface area contributed by atoms with E-state index in [0.29, 0.717) is 12.1 Å². The molecule has 1 heterocycles. The number of alkyl halides is 3. The van der Waals surface area contributed by atoms with E-state index < -0.39 is 23.4 Å². The Balaban J connectivity index is 2.36. The third kappa shape index (κ3) is 4.09. The number of hydrogen-bond acceptors (Lipinski definition) is 3. The highest BCUT2D eigenvalue weighted by Gasteiger charge is 2.37. The molecule has 0 bridgehead atoms. The Bertz CT molecular complexity index is 742. The van der Waals surface area contributed by atoms with Crippen molar-refractivity contribution in [3.05, 3.63) is 65.9 Å². The molecular weight excluding hydrogens is 309 g/mol. The van der Waals surface area contributed by atoms with Crippen molar-refractivity contribution in [3.8, 4) is 0 Å². The number of rotatable bonds is 5. The van der Waals surface area contributed by atoms with Gasteiger partial charge in [-0.05, 0) is 36.2 Å². The summed E-state index contributed by atoms with van der Waals surface area (Å²) in [6, 6.07) is 9.10. The minimum atomic E-state index is -4.85. The normalized spacial score (nSPS) is 11.1. The molecule has 7 heteroatoms. The van der Waals surface area contributed by atoms with Crippen LogP contribution >= 0.6 is 0 Å². The van der Waals surface area contributed by atoms with Gasteiger partial charge in [0.25, 0.3) is 0 Å². The first-order chi connectivity index (χ1) is 10.8. The average Bonchev–Trinajstić information content (AvgIpc) is 2.47. The first-order valence-electron chi connectivity index (χ1n) is 6.59. The van der Waals surface area contributed by atoms with E-state index in [2.05, 4.69) is 16.9 Å². The summed E-state index contributed by atoms with van der Waals surface area (Å²) in [5, 5.41) is 11.6. The molecule has 2 rings (SSSR count). The molecule has 0 atom stereocenters. The van der Waals surface area contributed by atoms with E-state index in [0.717, 1.165) is 11.6 Å². The summed E-state index contributed by atoms with van der Waals surface area (Å²) in [4.78, 5) is 14.3. The van der Waals surface area contributed by atoms with E-state index in [4.69, 9.17) is 5.11 Å². The standard InChI is InChI=1S/C16H13F3N2O2/c1-2-4-10-5-3-6-11(9-10)20-13-8-7-12(15(22)23)14(21-13)16(17,18)19/h2-3,5-9H,1,4H2,(H,20,21)(H,22,23). The van der Waals surface area contributed by atoms with E-state index in [-0.39, 0.29) is 5.82 Å². The molecule has 0 saturated carbocycles. The van der Waals surface area contributed by atoms with Crippen LogP contribution in [-0.4, -0.2) is 16.1 Å². The first-order valence-corrected chi connectivity index (χ1v) is 6.59. The van der Waals surface area contributed by atoms with Crippen molar-refractivity contribution in [2.75, 3.05) is 5.32 Å². The highest BCUT2D eigenvalue weighted by molar-refractivity contribution is 5.89. The lowest BCUT2D eigenvalue weighted by atomic mass is 10.1. The number of nitrogens with zero attached hydrogens (tertiary/aromatic N) is 1. The van der Waals surface area contributed by atoms with Gasteiger partial charge in [0.1, 0.15) is 5.82 Å². The zero-order valence-corrected chi connectivity index (χ0v) is 11.9. The molecule has 0 unspecified atom stereocenters. The number of pyridine rings is 1. The Labute approximate surface area is 130 Å². The maximum Gasteiger partial charge on any atom is 0.434 e. The zero-order chi connectivity index (χ0) is 17.0. The molecule has 1 aromatic heterocycles. The Kier molecular flexibility index (Phi) is 4.68. The molecule has 23 heavy (non-hydrogen) atoms. The van der Waals surface area contributed by atoms with Crippen LogP contribution in [0, 0.1) is 0 Å². The van der Waals surface area contributed by atoms with Gasteiger partial charge in [0, 0.05) is 5.69 Å². The van der Waals surface area contributed by atoms with Crippen LogP contribution < -0.4 is 5.32 Å². The van der Waals surface area contributed by atoms with E-state index in [9.17, 15) is 18.0 Å². The van der Waals surface area contributed by atoms with Crippen LogP contribution in [0.25, 0.3) is 0 Å². The molecular formula is C16H13F3N2O2. The fourth-order valence-corrected chi connectivity index (χ4v) is 2.01. The molecule has 2 N–H and O–H groups in total. The van der Waals surface area contributed by atoms with Crippen molar-refractivity contribution >= 4 is 17.5 Å². The number of halogens is 3. The van der Waals surface area contributed by atoms with Crippen molar-refractivity contribution in [1.82, 2.24) is 4.98 Å². The van der Waals surface area contributed by atoms with E-state index in [1.54, 1.807) is 24.3 Å². The minimum Gasteiger partial charge on any atom is -0.478 e. The molecule has 4 nitrogen and oxygen atoms in total. The molecule has 0 fully saturated rings. The van der Waals surface area contributed by atoms with Gasteiger partial charge < -0.3 is 10.4 Å². The average molecular weight is 322 g/mol. The number of benzene rings is 1. The highest BCUT2D eigenvalue weighted by atomic mass is 19.4. The molecule has 0 amide bonds. The molecule has 1 aromatic carbocycles. The maximum absolute atomic E-state index is 12.9. The van der Waals surface area contributed by atoms with Gasteiger partial charge >= 0.3 is 12.1 Å². The zero-order valence-electron chi connectivity index (χ0n) is 11.9. The predicted molar refractivity (Wildman–Crippen MR) is 79.8 cm³/mol. The number of aromatic carboxylic acids is 1. The smallest absolute Gasteiger partial charge is 0.434 e. The Morgan fingerprint density at radius 3 is 2.65 bits per heavy atom. The summed E-state index contributed by atoms with van der Waals surface area (Å²) >= 11 is 0. The van der Waals surface area contributed by atoms with Gasteiger partial charge in [0.2, 0.25) is 0 Å². The molecule has 0 aliphatic heterocycles. The lowest BCUT2D eigenvalue weighted by molar-refractivity contribution is -0.141. The fourth-order valence-electron chi connectivity index (χ4n) is 2.01. The quantitative estimate of drug-likeness (QED) is 0.807. The molecule has 0 saturated heterocycles. The fraction of sp³-hybridized carbons (Fsp3) is 0.125. The number of hydrogen-bond donors (Lipinski definition) is 2. The topological polar surface area (TPSA) is 62.2 Å². The minimum absolute atomic E-state index is 0.0851. The number of allylic oxidation sites excluding steroid dienone is 1. The van der Waals surface area contributed by atoms with Gasteiger partial charge in [0.05, 0.1) is 5.56 Å². The van der Waals surface area contributed by atoms with Gasteiger partial charge in [-0.3, -0.25) is 0 Å². The van der Waals surface area contributed by atoms with E-state index >= 15 is 0 Å². The molecule has 0 spiro atoms. The van der Waals surface area contributed by atoms with Gasteiger partial charge in [0.15, 0.2) is 5.69 Å². The number of nitrogens with one attached hydrogen (secondary N) is 1. The van der Waals surface area contributed by atoms with Crippen molar-refractivity contribution in [3.63, 3.8) is 0 Å². The van der Waals surface area contributed by atoms with Crippen LogP contribution in [0.5, 0.6) is 0 Å². The number of carbonyl (C=O) groups is 1. The highest BCUT2D eigenvalue weighted by Crippen LogP contribution is 2.32. The number of aromatic nitrogens is 1. The summed E-state index contributed by atoms with van der Waals surface area (Å²) in [5.41, 5.74) is -0.836. The summed E-state index contributed by atoms with van der Waals surface area (Å²) < 4.78 is 38.8. The Hall–Kier alpha value is -2.83. The second kappa shape index (κ2) is 6.51. The van der Waals surface area contributed by atoms with E-state index in [1.807, 2.05) is 6.07 Å². The molecule has 0 aliphatic carbocycles. The van der Waals surface area contributed by atoms with Crippen LogP contribution in [0.2, 0.25) is 0 Å². The lowest BCUT2D eigenvalue weighted by Gasteiger charge is -2.12. The summed E-state index contributed by atoms with van der Waals surface area (Å²) in [5.74, 6) is -1.76.